The van der Waals surface area contributed by atoms with Gasteiger partial charge in [0, 0.05) is 18.0 Å². The van der Waals surface area contributed by atoms with Crippen LogP contribution in [0.3, 0.4) is 0 Å². The van der Waals surface area contributed by atoms with Gasteiger partial charge >= 0.3 is 0 Å². The topological polar surface area (TPSA) is 78.6 Å². The Balaban J connectivity index is 2.38. The molecule has 6 heteroatoms. The van der Waals surface area contributed by atoms with Crippen LogP contribution < -0.4 is 11.1 Å². The van der Waals surface area contributed by atoms with Gasteiger partial charge in [-0.25, -0.2) is 0 Å². The number of hydrogen-bond donors (Lipinski definition) is 3. The maximum atomic E-state index is 11.9. The van der Waals surface area contributed by atoms with Crippen molar-refractivity contribution in [3.8, 4) is 0 Å². The molecule has 0 saturated heterocycles. The summed E-state index contributed by atoms with van der Waals surface area (Å²) in [5, 5.41) is 12.3. The number of rotatable bonds is 9. The third kappa shape index (κ3) is 6.80. The van der Waals surface area contributed by atoms with E-state index in [1.165, 1.54) is 0 Å². The average molecular weight is 314 g/mol. The molecule has 1 aromatic carbocycles. The van der Waals surface area contributed by atoms with Crippen molar-refractivity contribution < 1.29 is 9.90 Å². The van der Waals surface area contributed by atoms with Crippen LogP contribution in [-0.4, -0.2) is 42.2 Å². The summed E-state index contributed by atoms with van der Waals surface area (Å²) in [5.74, 6) is -0.0792. The number of carbonyl (C=O) groups excluding carboxylic acids is 1. The lowest BCUT2D eigenvalue weighted by atomic mass is 10.2. The minimum absolute atomic E-state index is 0.0792. The van der Waals surface area contributed by atoms with Crippen LogP contribution in [0.15, 0.2) is 18.2 Å². The molecule has 0 fully saturated rings. The molecule has 0 aliphatic carbocycles. The predicted molar refractivity (Wildman–Crippen MR) is 87.5 cm³/mol. The summed E-state index contributed by atoms with van der Waals surface area (Å²) >= 11 is 5.88. The summed E-state index contributed by atoms with van der Waals surface area (Å²) in [6.07, 6.45) is 2.19. The molecule has 0 bridgehead atoms. The standard InChI is InChI=1S/C15H24ClN3O2/c1-2-7-19(9-10-20)8-3-4-15(21)18-14-11-12(16)5-6-13(14)17/h5-6,11,20H,2-4,7-10,17H2,1H3,(H,18,21). The summed E-state index contributed by atoms with van der Waals surface area (Å²) in [6, 6.07) is 5.00. The van der Waals surface area contributed by atoms with Crippen molar-refractivity contribution in [2.75, 3.05) is 37.3 Å². The molecule has 0 spiro atoms. The zero-order chi connectivity index (χ0) is 15.7. The molecule has 0 atom stereocenters. The highest BCUT2D eigenvalue weighted by Gasteiger charge is 2.08. The molecule has 21 heavy (non-hydrogen) atoms. The molecule has 1 amide bonds. The van der Waals surface area contributed by atoms with Gasteiger partial charge in [0.25, 0.3) is 0 Å². The molecule has 0 unspecified atom stereocenters. The zero-order valence-electron chi connectivity index (χ0n) is 12.4. The van der Waals surface area contributed by atoms with Crippen molar-refractivity contribution in [1.82, 2.24) is 4.90 Å². The van der Waals surface area contributed by atoms with Crippen LogP contribution >= 0.6 is 11.6 Å². The number of nitrogens with two attached hydrogens (primary N) is 1. The van der Waals surface area contributed by atoms with E-state index in [4.69, 9.17) is 22.4 Å². The van der Waals surface area contributed by atoms with E-state index >= 15 is 0 Å². The van der Waals surface area contributed by atoms with Gasteiger partial charge in [-0.2, -0.15) is 0 Å². The molecule has 1 aromatic rings. The lowest BCUT2D eigenvalue weighted by Crippen LogP contribution is -2.29. The van der Waals surface area contributed by atoms with Gasteiger partial charge in [-0.1, -0.05) is 18.5 Å². The molecular formula is C15H24ClN3O2. The summed E-state index contributed by atoms with van der Waals surface area (Å²) in [5.41, 5.74) is 6.83. The first-order valence-electron chi connectivity index (χ1n) is 7.25. The van der Waals surface area contributed by atoms with Crippen molar-refractivity contribution in [2.24, 2.45) is 0 Å². The number of hydrogen-bond acceptors (Lipinski definition) is 4. The Bertz CT molecular complexity index is 449. The van der Waals surface area contributed by atoms with E-state index < -0.39 is 0 Å². The second kappa shape index (κ2) is 9.60. The van der Waals surface area contributed by atoms with Crippen LogP contribution in [0.1, 0.15) is 26.2 Å². The normalized spacial score (nSPS) is 10.9. The van der Waals surface area contributed by atoms with E-state index in [1.54, 1.807) is 18.2 Å². The second-order valence-corrected chi connectivity index (χ2v) is 5.38. The molecule has 0 aromatic heterocycles. The minimum Gasteiger partial charge on any atom is -0.397 e. The highest BCUT2D eigenvalue weighted by Crippen LogP contribution is 2.23. The number of benzene rings is 1. The number of aliphatic hydroxyl groups excluding tert-OH is 1. The maximum absolute atomic E-state index is 11.9. The van der Waals surface area contributed by atoms with Crippen LogP contribution in [-0.2, 0) is 4.79 Å². The molecule has 118 valence electrons. The minimum atomic E-state index is -0.0792. The summed E-state index contributed by atoms with van der Waals surface area (Å²) in [6.45, 7) is 4.62. The van der Waals surface area contributed by atoms with Crippen molar-refractivity contribution in [2.45, 2.75) is 26.2 Å². The van der Waals surface area contributed by atoms with Crippen molar-refractivity contribution >= 4 is 28.9 Å². The fourth-order valence-corrected chi connectivity index (χ4v) is 2.28. The van der Waals surface area contributed by atoms with Crippen molar-refractivity contribution in [3.63, 3.8) is 0 Å². The molecule has 5 nitrogen and oxygen atoms in total. The van der Waals surface area contributed by atoms with E-state index in [-0.39, 0.29) is 12.5 Å². The average Bonchev–Trinajstić information content (AvgIpc) is 2.43. The molecule has 0 saturated carbocycles. The Hall–Kier alpha value is -1.30. The Labute approximate surface area is 131 Å². The lowest BCUT2D eigenvalue weighted by Gasteiger charge is -2.20. The molecule has 0 heterocycles. The Morgan fingerprint density at radius 1 is 1.38 bits per heavy atom. The van der Waals surface area contributed by atoms with Gasteiger partial charge in [0.05, 0.1) is 18.0 Å². The number of amides is 1. The van der Waals surface area contributed by atoms with E-state index in [1.807, 2.05) is 0 Å². The van der Waals surface area contributed by atoms with Gasteiger partial charge in [0.2, 0.25) is 5.91 Å². The van der Waals surface area contributed by atoms with E-state index in [9.17, 15) is 4.79 Å². The number of halogens is 1. The molecular weight excluding hydrogens is 290 g/mol. The fraction of sp³-hybridized carbons (Fsp3) is 0.533. The zero-order valence-corrected chi connectivity index (χ0v) is 13.2. The highest BCUT2D eigenvalue weighted by molar-refractivity contribution is 6.31. The molecule has 0 aliphatic heterocycles. The number of nitrogens with zero attached hydrogens (tertiary/aromatic N) is 1. The Morgan fingerprint density at radius 2 is 2.14 bits per heavy atom. The summed E-state index contributed by atoms with van der Waals surface area (Å²) in [7, 11) is 0. The van der Waals surface area contributed by atoms with Crippen molar-refractivity contribution in [3.05, 3.63) is 23.2 Å². The predicted octanol–water partition coefficient (Wildman–Crippen LogP) is 2.35. The van der Waals surface area contributed by atoms with E-state index in [2.05, 4.69) is 17.1 Å². The second-order valence-electron chi connectivity index (χ2n) is 4.95. The van der Waals surface area contributed by atoms with Gasteiger partial charge < -0.3 is 21.1 Å². The maximum Gasteiger partial charge on any atom is 0.224 e. The van der Waals surface area contributed by atoms with Crippen LogP contribution in [0.25, 0.3) is 0 Å². The van der Waals surface area contributed by atoms with Crippen LogP contribution in [0.4, 0.5) is 11.4 Å². The number of anilines is 2. The molecule has 0 radical (unpaired) electrons. The third-order valence-corrected chi connectivity index (χ3v) is 3.36. The van der Waals surface area contributed by atoms with Gasteiger partial charge in [0.15, 0.2) is 0 Å². The van der Waals surface area contributed by atoms with Crippen molar-refractivity contribution in [1.29, 1.82) is 0 Å². The van der Waals surface area contributed by atoms with E-state index in [0.717, 1.165) is 25.9 Å². The largest absolute Gasteiger partial charge is 0.397 e. The monoisotopic (exact) mass is 313 g/mol. The van der Waals surface area contributed by atoms with Crippen LogP contribution in [0.5, 0.6) is 0 Å². The summed E-state index contributed by atoms with van der Waals surface area (Å²) < 4.78 is 0. The number of nitrogens with one attached hydrogen (secondary N) is 1. The Kier molecular flexibility index (Phi) is 8.12. The number of aliphatic hydroxyl groups is 1. The fourth-order valence-electron chi connectivity index (χ4n) is 2.11. The molecule has 4 N–H and O–H groups in total. The first kappa shape index (κ1) is 17.8. The van der Waals surface area contributed by atoms with Gasteiger partial charge in [-0.15, -0.1) is 0 Å². The first-order chi connectivity index (χ1) is 10.1. The SMILES string of the molecule is CCCN(CCO)CCCC(=O)Nc1cc(Cl)ccc1N. The highest BCUT2D eigenvalue weighted by atomic mass is 35.5. The Morgan fingerprint density at radius 3 is 2.81 bits per heavy atom. The van der Waals surface area contributed by atoms with E-state index in [0.29, 0.717) is 29.4 Å². The van der Waals surface area contributed by atoms with Gasteiger partial charge in [-0.05, 0) is 44.1 Å². The quantitative estimate of drug-likeness (QED) is 0.611. The third-order valence-electron chi connectivity index (χ3n) is 3.12. The van der Waals surface area contributed by atoms with Gasteiger partial charge in [-0.3, -0.25) is 4.79 Å². The van der Waals surface area contributed by atoms with Crippen LogP contribution in [0.2, 0.25) is 5.02 Å². The molecule has 0 aliphatic rings. The number of carbonyl (C=O) groups is 1. The summed E-state index contributed by atoms with van der Waals surface area (Å²) in [4.78, 5) is 14.0. The van der Waals surface area contributed by atoms with Crippen LogP contribution in [0, 0.1) is 0 Å². The van der Waals surface area contributed by atoms with Gasteiger partial charge in [0.1, 0.15) is 0 Å². The molecule has 1 rings (SSSR count). The first-order valence-corrected chi connectivity index (χ1v) is 7.62. The lowest BCUT2D eigenvalue weighted by molar-refractivity contribution is -0.116. The number of nitrogen functional groups attached to an aromatic ring is 1. The smallest absolute Gasteiger partial charge is 0.224 e.